The first-order valence-corrected chi connectivity index (χ1v) is 9.79. The number of aromatic amines is 1. The lowest BCUT2D eigenvalue weighted by Crippen LogP contribution is -2.52. The van der Waals surface area contributed by atoms with E-state index in [1.165, 1.54) is 0 Å². The van der Waals surface area contributed by atoms with Crippen LogP contribution in [0.5, 0.6) is 0 Å². The predicted molar refractivity (Wildman–Crippen MR) is 112 cm³/mol. The van der Waals surface area contributed by atoms with Crippen molar-refractivity contribution in [2.75, 3.05) is 33.2 Å². The van der Waals surface area contributed by atoms with Gasteiger partial charge in [0.05, 0.1) is 10.9 Å². The standard InChI is InChI=1S/C22H24N4O3/c1-24-11-13-25(14-12-24)21(28)19(15-16-7-3-2-4-8-16)26-20(27)17-9-5-6-10-18(17)23-22(26)29/h2-10,19H,11-15H2,1H3,(H,23,29)/t19-/m1/s1. The minimum atomic E-state index is -0.887. The van der Waals surface area contributed by atoms with Crippen LogP contribution >= 0.6 is 0 Å². The average Bonchev–Trinajstić information content (AvgIpc) is 2.74. The molecule has 3 aromatic rings. The molecule has 4 rings (SSSR count). The van der Waals surface area contributed by atoms with Crippen LogP contribution < -0.4 is 11.2 Å². The van der Waals surface area contributed by atoms with E-state index in [9.17, 15) is 14.4 Å². The van der Waals surface area contributed by atoms with Crippen molar-refractivity contribution in [3.05, 3.63) is 81.0 Å². The van der Waals surface area contributed by atoms with Crippen LogP contribution in [-0.4, -0.2) is 58.5 Å². The zero-order chi connectivity index (χ0) is 20.4. The van der Waals surface area contributed by atoms with Gasteiger partial charge in [0.2, 0.25) is 5.91 Å². The number of nitrogens with zero attached hydrogens (tertiary/aromatic N) is 3. The number of para-hydroxylation sites is 1. The third kappa shape index (κ3) is 3.86. The normalized spacial score (nSPS) is 16.1. The summed E-state index contributed by atoms with van der Waals surface area (Å²) in [7, 11) is 2.02. The SMILES string of the molecule is CN1CCN(C(=O)[C@@H](Cc2ccccc2)n2c(=O)[nH]c3ccccc3c2=O)CC1. The molecule has 1 aliphatic rings. The van der Waals surface area contributed by atoms with E-state index >= 15 is 0 Å². The minimum Gasteiger partial charge on any atom is -0.338 e. The number of amides is 1. The number of hydrogen-bond donors (Lipinski definition) is 1. The van der Waals surface area contributed by atoms with Gasteiger partial charge < -0.3 is 14.8 Å². The van der Waals surface area contributed by atoms with Crippen molar-refractivity contribution < 1.29 is 4.79 Å². The number of H-pyrrole nitrogens is 1. The number of hydrogen-bond acceptors (Lipinski definition) is 4. The molecule has 1 atom stereocenters. The van der Waals surface area contributed by atoms with Crippen molar-refractivity contribution in [2.45, 2.75) is 12.5 Å². The molecule has 0 saturated carbocycles. The number of nitrogens with one attached hydrogen (secondary N) is 1. The second-order valence-electron chi connectivity index (χ2n) is 7.48. The molecule has 0 bridgehead atoms. The van der Waals surface area contributed by atoms with Crippen molar-refractivity contribution >= 4 is 16.8 Å². The molecule has 2 aromatic carbocycles. The molecule has 1 aromatic heterocycles. The van der Waals surface area contributed by atoms with Crippen molar-refractivity contribution in [1.29, 1.82) is 0 Å². The Labute approximate surface area is 168 Å². The van der Waals surface area contributed by atoms with Crippen LogP contribution in [0.25, 0.3) is 10.9 Å². The summed E-state index contributed by atoms with van der Waals surface area (Å²) in [5.41, 5.74) is 0.383. The summed E-state index contributed by atoms with van der Waals surface area (Å²) in [6.07, 6.45) is 0.285. The highest BCUT2D eigenvalue weighted by Gasteiger charge is 2.30. The quantitative estimate of drug-likeness (QED) is 0.725. The summed E-state index contributed by atoms with van der Waals surface area (Å²) in [4.78, 5) is 46.2. The third-order valence-electron chi connectivity index (χ3n) is 5.52. The van der Waals surface area contributed by atoms with Crippen molar-refractivity contribution in [1.82, 2.24) is 19.4 Å². The molecule has 1 aliphatic heterocycles. The fraction of sp³-hybridized carbons (Fsp3) is 0.318. The number of benzene rings is 2. The van der Waals surface area contributed by atoms with Crippen molar-refractivity contribution in [3.8, 4) is 0 Å². The average molecular weight is 392 g/mol. The Balaban J connectivity index is 1.80. The van der Waals surface area contributed by atoms with Gasteiger partial charge in [-0.25, -0.2) is 9.36 Å². The topological polar surface area (TPSA) is 78.4 Å². The number of likely N-dealkylation sites (N-methyl/N-ethyl adjacent to an activating group) is 1. The van der Waals surface area contributed by atoms with Gasteiger partial charge in [-0.3, -0.25) is 9.59 Å². The van der Waals surface area contributed by atoms with Crippen LogP contribution in [0.2, 0.25) is 0 Å². The Morgan fingerprint density at radius 2 is 1.62 bits per heavy atom. The Hall–Kier alpha value is -3.19. The van der Waals surface area contributed by atoms with E-state index in [0.29, 0.717) is 24.0 Å². The van der Waals surface area contributed by atoms with Crippen molar-refractivity contribution in [2.24, 2.45) is 0 Å². The zero-order valence-electron chi connectivity index (χ0n) is 16.4. The summed E-state index contributed by atoms with van der Waals surface area (Å²) in [5, 5.41) is 0.399. The number of rotatable bonds is 4. The maximum atomic E-state index is 13.4. The molecule has 1 saturated heterocycles. The van der Waals surface area contributed by atoms with Crippen LogP contribution in [-0.2, 0) is 11.2 Å². The molecule has 2 heterocycles. The first-order valence-electron chi connectivity index (χ1n) is 9.79. The second-order valence-corrected chi connectivity index (χ2v) is 7.48. The molecule has 1 N–H and O–H groups in total. The van der Waals surface area contributed by atoms with E-state index in [0.717, 1.165) is 23.2 Å². The first-order chi connectivity index (χ1) is 14.0. The summed E-state index contributed by atoms with van der Waals surface area (Å²) < 4.78 is 1.09. The van der Waals surface area contributed by atoms with E-state index in [1.54, 1.807) is 29.2 Å². The highest BCUT2D eigenvalue weighted by Crippen LogP contribution is 2.17. The van der Waals surface area contributed by atoms with Crippen LogP contribution in [0.1, 0.15) is 11.6 Å². The third-order valence-corrected chi connectivity index (χ3v) is 5.52. The molecule has 7 heteroatoms. The molecule has 0 radical (unpaired) electrons. The van der Waals surface area contributed by atoms with Gasteiger partial charge >= 0.3 is 5.69 Å². The number of fused-ring (bicyclic) bond motifs is 1. The molecule has 7 nitrogen and oxygen atoms in total. The van der Waals surface area contributed by atoms with Gasteiger partial charge in [0.15, 0.2) is 0 Å². The molecule has 0 unspecified atom stereocenters. The molecule has 29 heavy (non-hydrogen) atoms. The Kier molecular flexibility index (Phi) is 5.31. The molecule has 0 aliphatic carbocycles. The van der Waals surface area contributed by atoms with E-state index in [1.807, 2.05) is 37.4 Å². The van der Waals surface area contributed by atoms with Crippen molar-refractivity contribution in [3.63, 3.8) is 0 Å². The molecule has 1 amide bonds. The molecular weight excluding hydrogens is 368 g/mol. The summed E-state index contributed by atoms with van der Waals surface area (Å²) in [6.45, 7) is 2.71. The van der Waals surface area contributed by atoms with Gasteiger partial charge in [-0.05, 0) is 24.7 Å². The Bertz CT molecular complexity index is 1130. The fourth-order valence-electron chi connectivity index (χ4n) is 3.82. The van der Waals surface area contributed by atoms with Gasteiger partial charge in [-0.1, -0.05) is 42.5 Å². The molecular formula is C22H24N4O3. The van der Waals surface area contributed by atoms with Gasteiger partial charge in [-0.15, -0.1) is 0 Å². The van der Waals surface area contributed by atoms with Crippen LogP contribution in [0.15, 0.2) is 64.2 Å². The predicted octanol–water partition coefficient (Wildman–Crippen LogP) is 1.25. The maximum Gasteiger partial charge on any atom is 0.329 e. The van der Waals surface area contributed by atoms with Gasteiger partial charge in [0.25, 0.3) is 5.56 Å². The highest BCUT2D eigenvalue weighted by atomic mass is 16.2. The van der Waals surface area contributed by atoms with E-state index in [4.69, 9.17) is 0 Å². The molecule has 1 fully saturated rings. The van der Waals surface area contributed by atoms with Gasteiger partial charge in [0.1, 0.15) is 6.04 Å². The Morgan fingerprint density at radius 3 is 2.34 bits per heavy atom. The van der Waals surface area contributed by atoms with Gasteiger partial charge in [-0.2, -0.15) is 0 Å². The second kappa shape index (κ2) is 8.05. The van der Waals surface area contributed by atoms with Crippen LogP contribution in [0.4, 0.5) is 0 Å². The maximum absolute atomic E-state index is 13.4. The lowest BCUT2D eigenvalue weighted by Gasteiger charge is -2.34. The fourth-order valence-corrected chi connectivity index (χ4v) is 3.82. The summed E-state index contributed by atoms with van der Waals surface area (Å²) in [5.74, 6) is -0.190. The highest BCUT2D eigenvalue weighted by molar-refractivity contribution is 5.82. The number of carbonyl (C=O) groups excluding carboxylic acids is 1. The summed E-state index contributed by atoms with van der Waals surface area (Å²) >= 11 is 0. The smallest absolute Gasteiger partial charge is 0.329 e. The first kappa shape index (κ1) is 19.1. The van der Waals surface area contributed by atoms with Crippen LogP contribution in [0, 0.1) is 0 Å². The number of aromatic nitrogens is 2. The Morgan fingerprint density at radius 1 is 0.966 bits per heavy atom. The van der Waals surface area contributed by atoms with E-state index in [-0.39, 0.29) is 12.3 Å². The minimum absolute atomic E-state index is 0.190. The lowest BCUT2D eigenvalue weighted by molar-refractivity contribution is -0.136. The van der Waals surface area contributed by atoms with E-state index < -0.39 is 17.3 Å². The number of carbonyl (C=O) groups is 1. The van der Waals surface area contributed by atoms with Crippen LogP contribution in [0.3, 0.4) is 0 Å². The lowest BCUT2D eigenvalue weighted by atomic mass is 10.0. The monoisotopic (exact) mass is 392 g/mol. The molecule has 0 spiro atoms. The zero-order valence-corrected chi connectivity index (χ0v) is 16.4. The number of piperazine rings is 1. The van der Waals surface area contributed by atoms with Gasteiger partial charge in [0, 0.05) is 32.6 Å². The molecule has 150 valence electrons. The summed E-state index contributed by atoms with van der Waals surface area (Å²) in [6, 6.07) is 15.5. The largest absolute Gasteiger partial charge is 0.338 e. The van der Waals surface area contributed by atoms with E-state index in [2.05, 4.69) is 9.88 Å².